The fourth-order valence-corrected chi connectivity index (χ4v) is 4.66. The molecule has 3 amide bonds. The van der Waals surface area contributed by atoms with Gasteiger partial charge in [-0.3, -0.25) is 19.4 Å². The molecule has 13 heteroatoms. The van der Waals surface area contributed by atoms with E-state index in [-0.39, 0.29) is 24.1 Å². The number of halogens is 4. The molecule has 0 radical (unpaired) electrons. The maximum atomic E-state index is 13.7. The first-order valence-electron chi connectivity index (χ1n) is 13.3. The van der Waals surface area contributed by atoms with Crippen LogP contribution in [0.1, 0.15) is 34.3 Å². The van der Waals surface area contributed by atoms with Gasteiger partial charge in [0.1, 0.15) is 12.1 Å². The van der Waals surface area contributed by atoms with Crippen LogP contribution in [0.15, 0.2) is 79.1 Å². The van der Waals surface area contributed by atoms with Crippen molar-refractivity contribution in [3.63, 3.8) is 0 Å². The Morgan fingerprint density at radius 2 is 1.70 bits per heavy atom. The molecule has 1 aromatic heterocycles. The fourth-order valence-electron chi connectivity index (χ4n) is 4.43. The zero-order chi connectivity index (χ0) is 31.4. The smallest absolute Gasteiger partial charge is 0.475 e. The molecule has 0 saturated carbocycles. The van der Waals surface area contributed by atoms with E-state index in [9.17, 15) is 27.6 Å². The maximum Gasteiger partial charge on any atom is 0.490 e. The minimum Gasteiger partial charge on any atom is -0.475 e. The lowest BCUT2D eigenvalue weighted by atomic mass is 10.0. The summed E-state index contributed by atoms with van der Waals surface area (Å²) >= 11 is 6.21. The number of carbonyl (C=O) groups is 4. The molecule has 43 heavy (non-hydrogen) atoms. The van der Waals surface area contributed by atoms with Crippen LogP contribution < -0.4 is 10.6 Å². The van der Waals surface area contributed by atoms with Gasteiger partial charge in [0.25, 0.3) is 5.91 Å². The summed E-state index contributed by atoms with van der Waals surface area (Å²) < 4.78 is 31.7. The number of amides is 3. The highest BCUT2D eigenvalue weighted by Gasteiger charge is 2.39. The van der Waals surface area contributed by atoms with Gasteiger partial charge >= 0.3 is 12.1 Å². The van der Waals surface area contributed by atoms with Gasteiger partial charge in [0, 0.05) is 42.5 Å². The summed E-state index contributed by atoms with van der Waals surface area (Å²) in [6, 6.07) is 18.6. The Morgan fingerprint density at radius 1 is 1.02 bits per heavy atom. The van der Waals surface area contributed by atoms with Gasteiger partial charge in [-0.05, 0) is 54.7 Å². The topological polar surface area (TPSA) is 129 Å². The van der Waals surface area contributed by atoms with Crippen LogP contribution in [0, 0.1) is 0 Å². The SMILES string of the molecule is O=C(N[C@@H](Cc1cccnc1)C(=O)N1CCC[C@H]1C(=O)NCCc1ccccc1Cl)c1ccccc1.O=C(O)C(F)(F)F. The molecule has 4 rings (SSSR count). The molecule has 1 aliphatic heterocycles. The molecule has 228 valence electrons. The van der Waals surface area contributed by atoms with Gasteiger partial charge in [-0.25, -0.2) is 4.79 Å². The average molecular weight is 619 g/mol. The van der Waals surface area contributed by atoms with E-state index in [0.717, 1.165) is 17.5 Å². The Bertz CT molecular complexity index is 1390. The second-order valence-corrected chi connectivity index (χ2v) is 9.99. The third-order valence-electron chi connectivity index (χ3n) is 6.53. The average Bonchev–Trinajstić information content (AvgIpc) is 3.48. The lowest BCUT2D eigenvalue weighted by Gasteiger charge is -2.29. The van der Waals surface area contributed by atoms with Crippen molar-refractivity contribution in [3.8, 4) is 0 Å². The molecule has 0 bridgehead atoms. The molecule has 9 nitrogen and oxygen atoms in total. The number of aromatic nitrogens is 1. The molecule has 0 unspecified atom stereocenters. The van der Waals surface area contributed by atoms with Gasteiger partial charge in [0.2, 0.25) is 11.8 Å². The first-order valence-corrected chi connectivity index (χ1v) is 13.7. The number of nitrogens with zero attached hydrogens (tertiary/aromatic N) is 2. The summed E-state index contributed by atoms with van der Waals surface area (Å²) in [5, 5.41) is 13.6. The van der Waals surface area contributed by atoms with Crippen molar-refractivity contribution in [3.05, 3.63) is 101 Å². The number of rotatable bonds is 9. The summed E-state index contributed by atoms with van der Waals surface area (Å²) in [5.74, 6) is -3.56. The number of pyridine rings is 1. The number of aliphatic carboxylic acids is 1. The van der Waals surface area contributed by atoms with E-state index in [4.69, 9.17) is 21.5 Å². The molecule has 2 atom stereocenters. The zero-order valence-corrected chi connectivity index (χ0v) is 23.6. The Balaban J connectivity index is 0.000000646. The van der Waals surface area contributed by atoms with E-state index < -0.39 is 24.2 Å². The Hall–Kier alpha value is -4.45. The Labute approximate surface area is 251 Å². The number of likely N-dealkylation sites (tertiary alicyclic amines) is 1. The molecule has 0 spiro atoms. The van der Waals surface area contributed by atoms with Crippen molar-refractivity contribution in [2.45, 2.75) is 43.9 Å². The second kappa shape index (κ2) is 15.7. The highest BCUT2D eigenvalue weighted by molar-refractivity contribution is 6.31. The molecular weight excluding hydrogens is 589 g/mol. The number of nitrogens with one attached hydrogen (secondary N) is 2. The van der Waals surface area contributed by atoms with Crippen molar-refractivity contribution < 1.29 is 37.5 Å². The van der Waals surface area contributed by atoms with E-state index in [1.807, 2.05) is 36.4 Å². The number of carboxylic acids is 1. The summed E-state index contributed by atoms with van der Waals surface area (Å²) in [6.07, 6.45) is 0.437. The van der Waals surface area contributed by atoms with Gasteiger partial charge in [0.15, 0.2) is 0 Å². The summed E-state index contributed by atoms with van der Waals surface area (Å²) in [5.41, 5.74) is 2.25. The molecule has 1 fully saturated rings. The van der Waals surface area contributed by atoms with Crippen LogP contribution in [0.4, 0.5) is 13.2 Å². The Morgan fingerprint density at radius 3 is 2.33 bits per heavy atom. The first-order chi connectivity index (χ1) is 20.5. The third kappa shape index (κ3) is 10.1. The quantitative estimate of drug-likeness (QED) is 0.332. The number of carbonyl (C=O) groups excluding carboxylic acids is 3. The Kier molecular flexibility index (Phi) is 12.1. The molecule has 2 heterocycles. The van der Waals surface area contributed by atoms with Crippen LogP contribution in [0.5, 0.6) is 0 Å². The molecule has 3 N–H and O–H groups in total. The molecular formula is C30H30ClF3N4O5. The van der Waals surface area contributed by atoms with Crippen molar-refractivity contribution in [2.24, 2.45) is 0 Å². The van der Waals surface area contributed by atoms with Gasteiger partial charge in [0.05, 0.1) is 0 Å². The van der Waals surface area contributed by atoms with Crippen LogP contribution in [0.2, 0.25) is 5.02 Å². The highest BCUT2D eigenvalue weighted by Crippen LogP contribution is 2.21. The van der Waals surface area contributed by atoms with Crippen LogP contribution >= 0.6 is 11.6 Å². The maximum absolute atomic E-state index is 13.7. The van der Waals surface area contributed by atoms with Crippen molar-refractivity contribution in [1.82, 2.24) is 20.5 Å². The summed E-state index contributed by atoms with van der Waals surface area (Å²) in [7, 11) is 0. The van der Waals surface area contributed by atoms with Gasteiger partial charge < -0.3 is 20.6 Å². The number of carboxylic acid groups (broad SMARTS) is 1. The van der Waals surface area contributed by atoms with Crippen molar-refractivity contribution in [2.75, 3.05) is 13.1 Å². The largest absolute Gasteiger partial charge is 0.490 e. The molecule has 0 aliphatic carbocycles. The highest BCUT2D eigenvalue weighted by atomic mass is 35.5. The number of hydrogen-bond donors (Lipinski definition) is 3. The van der Waals surface area contributed by atoms with Crippen molar-refractivity contribution >= 4 is 35.3 Å². The molecule has 1 aliphatic rings. The molecule has 1 saturated heterocycles. The normalized spacial score (nSPS) is 15.1. The third-order valence-corrected chi connectivity index (χ3v) is 6.90. The number of hydrogen-bond acceptors (Lipinski definition) is 5. The van der Waals surface area contributed by atoms with Crippen LogP contribution in [0.25, 0.3) is 0 Å². The number of alkyl halides is 3. The van der Waals surface area contributed by atoms with E-state index in [2.05, 4.69) is 15.6 Å². The van der Waals surface area contributed by atoms with E-state index in [1.54, 1.807) is 47.6 Å². The zero-order valence-electron chi connectivity index (χ0n) is 22.9. The summed E-state index contributed by atoms with van der Waals surface area (Å²) in [6.45, 7) is 0.886. The predicted molar refractivity (Wildman–Crippen MR) is 152 cm³/mol. The van der Waals surface area contributed by atoms with E-state index in [1.165, 1.54) is 0 Å². The van der Waals surface area contributed by atoms with Crippen molar-refractivity contribution in [1.29, 1.82) is 0 Å². The fraction of sp³-hybridized carbons (Fsp3) is 0.300. The van der Waals surface area contributed by atoms with Crippen LogP contribution in [0.3, 0.4) is 0 Å². The monoisotopic (exact) mass is 618 g/mol. The minimum absolute atomic E-state index is 0.192. The lowest BCUT2D eigenvalue weighted by Crippen LogP contribution is -2.54. The van der Waals surface area contributed by atoms with Gasteiger partial charge in [-0.15, -0.1) is 0 Å². The predicted octanol–water partition coefficient (Wildman–Crippen LogP) is 4.06. The van der Waals surface area contributed by atoms with Crippen LogP contribution in [-0.2, 0) is 27.2 Å². The lowest BCUT2D eigenvalue weighted by molar-refractivity contribution is -0.192. The van der Waals surface area contributed by atoms with Gasteiger partial charge in [-0.1, -0.05) is 54.1 Å². The standard InChI is InChI=1S/C28H29ClN4O3.C2HF3O2/c29-23-12-5-4-9-21(23)14-16-31-27(35)25-13-7-17-33(25)28(36)24(18-20-8-6-15-30-19-20)32-26(34)22-10-2-1-3-11-22;3-2(4,5)1(6)7/h1-6,8-12,15,19,24-25H,7,13-14,16-18H2,(H,31,35)(H,32,34);(H,6,7)/t24-,25-;/m0./s1. The van der Waals surface area contributed by atoms with E-state index in [0.29, 0.717) is 36.5 Å². The first kappa shape index (κ1) is 33.1. The van der Waals surface area contributed by atoms with E-state index >= 15 is 0 Å². The number of benzene rings is 2. The minimum atomic E-state index is -5.08. The second-order valence-electron chi connectivity index (χ2n) is 9.58. The molecule has 3 aromatic rings. The van der Waals surface area contributed by atoms with Crippen LogP contribution in [-0.4, -0.2) is 70.0 Å². The van der Waals surface area contributed by atoms with Gasteiger partial charge in [-0.2, -0.15) is 13.2 Å². The summed E-state index contributed by atoms with van der Waals surface area (Å²) in [4.78, 5) is 54.2. The molecule has 2 aromatic carbocycles.